The van der Waals surface area contributed by atoms with E-state index in [0.29, 0.717) is 5.92 Å². The SMILES string of the molecule is C[C@@H]1CC[C@@H]2C(=C[C@H]3C(=O)O[C@H](C)[C@H]3[C@H]2C(=O)N(c2ccccc2)c2ccccc2)C1. The van der Waals surface area contributed by atoms with Crippen LogP contribution in [-0.4, -0.2) is 18.0 Å². The lowest BCUT2D eigenvalue weighted by Crippen LogP contribution is -2.47. The molecule has 1 amide bonds. The van der Waals surface area contributed by atoms with Gasteiger partial charge in [-0.1, -0.05) is 55.0 Å². The third-order valence-electron chi connectivity index (χ3n) is 7.34. The molecule has 0 unspecified atom stereocenters. The molecule has 6 atom stereocenters. The molecule has 3 aliphatic rings. The zero-order valence-electron chi connectivity index (χ0n) is 18.1. The monoisotopic (exact) mass is 415 g/mol. The molecule has 0 bridgehead atoms. The molecular formula is C27H29NO3. The zero-order chi connectivity index (χ0) is 21.5. The molecule has 0 aromatic heterocycles. The number of para-hydroxylation sites is 2. The third-order valence-corrected chi connectivity index (χ3v) is 7.34. The highest BCUT2D eigenvalue weighted by Crippen LogP contribution is 2.52. The number of cyclic esters (lactones) is 1. The highest BCUT2D eigenvalue weighted by molar-refractivity contribution is 6.03. The van der Waals surface area contributed by atoms with Crippen molar-refractivity contribution in [2.75, 3.05) is 4.90 Å². The first-order valence-electron chi connectivity index (χ1n) is 11.4. The molecule has 2 fully saturated rings. The van der Waals surface area contributed by atoms with E-state index < -0.39 is 0 Å². The number of hydrogen-bond donors (Lipinski definition) is 0. The minimum atomic E-state index is -0.311. The van der Waals surface area contributed by atoms with Crippen molar-refractivity contribution in [2.45, 2.75) is 39.2 Å². The molecule has 2 aromatic carbocycles. The number of anilines is 2. The number of rotatable bonds is 3. The first kappa shape index (κ1) is 20.0. The van der Waals surface area contributed by atoms with E-state index in [-0.39, 0.29) is 41.7 Å². The Bertz CT molecular complexity index is 960. The number of ether oxygens (including phenoxy) is 1. The summed E-state index contributed by atoms with van der Waals surface area (Å²) in [5, 5.41) is 0. The van der Waals surface area contributed by atoms with Gasteiger partial charge in [0.1, 0.15) is 6.10 Å². The summed E-state index contributed by atoms with van der Waals surface area (Å²) in [6.07, 6.45) is 4.97. The molecule has 1 saturated carbocycles. The summed E-state index contributed by atoms with van der Waals surface area (Å²) >= 11 is 0. The van der Waals surface area contributed by atoms with Gasteiger partial charge in [0.05, 0.1) is 11.8 Å². The van der Waals surface area contributed by atoms with Crippen molar-refractivity contribution >= 4 is 23.3 Å². The van der Waals surface area contributed by atoms with Gasteiger partial charge in [-0.15, -0.1) is 0 Å². The molecule has 4 heteroatoms. The molecule has 4 nitrogen and oxygen atoms in total. The second kappa shape index (κ2) is 7.99. The average molecular weight is 416 g/mol. The number of fused-ring (bicyclic) bond motifs is 2. The van der Waals surface area contributed by atoms with E-state index in [9.17, 15) is 9.59 Å². The Balaban J connectivity index is 1.61. The third kappa shape index (κ3) is 3.48. The molecule has 0 radical (unpaired) electrons. The topological polar surface area (TPSA) is 46.6 Å². The van der Waals surface area contributed by atoms with Crippen LogP contribution in [0.4, 0.5) is 11.4 Å². The van der Waals surface area contributed by atoms with Crippen LogP contribution in [-0.2, 0) is 14.3 Å². The molecule has 31 heavy (non-hydrogen) atoms. The van der Waals surface area contributed by atoms with Crippen LogP contribution >= 0.6 is 0 Å². The average Bonchev–Trinajstić information content (AvgIpc) is 3.06. The van der Waals surface area contributed by atoms with Gasteiger partial charge in [0.25, 0.3) is 0 Å². The Morgan fingerprint density at radius 1 is 0.935 bits per heavy atom. The maximum atomic E-state index is 14.4. The Hall–Kier alpha value is -2.88. The number of nitrogens with zero attached hydrogens (tertiary/aromatic N) is 1. The lowest BCUT2D eigenvalue weighted by molar-refractivity contribution is -0.142. The van der Waals surface area contributed by atoms with Crippen LogP contribution in [0.3, 0.4) is 0 Å². The quantitative estimate of drug-likeness (QED) is 0.490. The first-order valence-corrected chi connectivity index (χ1v) is 11.4. The van der Waals surface area contributed by atoms with E-state index in [2.05, 4.69) is 13.0 Å². The Morgan fingerprint density at radius 2 is 1.55 bits per heavy atom. The highest BCUT2D eigenvalue weighted by Gasteiger charge is 2.55. The Morgan fingerprint density at radius 3 is 2.16 bits per heavy atom. The maximum Gasteiger partial charge on any atom is 0.313 e. The van der Waals surface area contributed by atoms with Gasteiger partial charge in [-0.3, -0.25) is 14.5 Å². The van der Waals surface area contributed by atoms with Gasteiger partial charge < -0.3 is 4.74 Å². The predicted molar refractivity (Wildman–Crippen MR) is 121 cm³/mol. The molecule has 2 aromatic rings. The Kier molecular flexibility index (Phi) is 5.17. The fourth-order valence-electron chi connectivity index (χ4n) is 5.93. The number of esters is 1. The van der Waals surface area contributed by atoms with Crippen molar-refractivity contribution in [3.63, 3.8) is 0 Å². The van der Waals surface area contributed by atoms with Crippen LogP contribution in [0.1, 0.15) is 33.1 Å². The molecule has 160 valence electrons. The van der Waals surface area contributed by atoms with Crippen molar-refractivity contribution in [1.29, 1.82) is 0 Å². The molecular weight excluding hydrogens is 386 g/mol. The molecule has 0 N–H and O–H groups in total. The smallest absolute Gasteiger partial charge is 0.313 e. The van der Waals surface area contributed by atoms with Crippen molar-refractivity contribution < 1.29 is 14.3 Å². The van der Waals surface area contributed by atoms with Gasteiger partial charge in [-0.2, -0.15) is 0 Å². The van der Waals surface area contributed by atoms with E-state index in [4.69, 9.17) is 4.74 Å². The first-order chi connectivity index (χ1) is 15.0. The van der Waals surface area contributed by atoms with Crippen LogP contribution in [0.5, 0.6) is 0 Å². The van der Waals surface area contributed by atoms with Gasteiger partial charge in [-0.25, -0.2) is 0 Å². The molecule has 1 saturated heterocycles. The summed E-state index contributed by atoms with van der Waals surface area (Å²) in [5.41, 5.74) is 2.99. The molecule has 5 rings (SSSR count). The summed E-state index contributed by atoms with van der Waals surface area (Å²) in [7, 11) is 0. The van der Waals surface area contributed by atoms with Crippen molar-refractivity contribution in [3.8, 4) is 0 Å². The van der Waals surface area contributed by atoms with E-state index in [1.165, 1.54) is 5.57 Å². The standard InChI is InChI=1S/C27H29NO3/c1-17-13-14-22-19(15-17)16-23-24(18(2)31-27(23)30)25(22)26(29)28(20-9-5-3-6-10-20)21-11-7-4-8-12-21/h3-12,16-18,22-25H,13-15H2,1-2H3/t17-,18-,22-,23-,24-,25+/m1/s1. The number of carbonyl (C=O) groups is 2. The summed E-state index contributed by atoms with van der Waals surface area (Å²) in [6, 6.07) is 19.7. The van der Waals surface area contributed by atoms with Gasteiger partial charge >= 0.3 is 5.97 Å². The number of benzene rings is 2. The largest absolute Gasteiger partial charge is 0.462 e. The van der Waals surface area contributed by atoms with E-state index >= 15 is 0 Å². The van der Waals surface area contributed by atoms with Crippen LogP contribution in [0.15, 0.2) is 72.3 Å². The highest BCUT2D eigenvalue weighted by atomic mass is 16.6. The number of amides is 1. The van der Waals surface area contributed by atoms with E-state index in [0.717, 1.165) is 30.6 Å². The van der Waals surface area contributed by atoms with Crippen molar-refractivity contribution in [3.05, 3.63) is 72.3 Å². The van der Waals surface area contributed by atoms with Gasteiger partial charge in [0.2, 0.25) is 5.91 Å². The molecule has 1 heterocycles. The van der Waals surface area contributed by atoms with Crippen LogP contribution in [0.2, 0.25) is 0 Å². The molecule has 1 aliphatic heterocycles. The van der Waals surface area contributed by atoms with E-state index in [1.54, 1.807) is 0 Å². The summed E-state index contributed by atoms with van der Waals surface area (Å²) in [4.78, 5) is 28.9. The number of carbonyl (C=O) groups excluding carboxylic acids is 2. The zero-order valence-corrected chi connectivity index (χ0v) is 18.1. The van der Waals surface area contributed by atoms with Gasteiger partial charge in [-0.05, 0) is 62.3 Å². The molecule has 0 spiro atoms. The summed E-state index contributed by atoms with van der Waals surface area (Å²) in [5.74, 6) is -0.0284. The fourth-order valence-corrected chi connectivity index (χ4v) is 5.93. The van der Waals surface area contributed by atoms with Crippen LogP contribution < -0.4 is 4.90 Å². The van der Waals surface area contributed by atoms with E-state index in [1.807, 2.05) is 72.5 Å². The fraction of sp³-hybridized carbons (Fsp3) is 0.407. The lowest BCUT2D eigenvalue weighted by Gasteiger charge is -2.44. The minimum absolute atomic E-state index is 0.0719. The maximum absolute atomic E-state index is 14.4. The van der Waals surface area contributed by atoms with Gasteiger partial charge in [0, 0.05) is 17.3 Å². The second-order valence-corrected chi connectivity index (χ2v) is 9.35. The number of allylic oxidation sites excluding steroid dienone is 1. The lowest BCUT2D eigenvalue weighted by atomic mass is 9.61. The van der Waals surface area contributed by atoms with Crippen LogP contribution in [0, 0.1) is 29.6 Å². The Labute approximate surface area is 183 Å². The minimum Gasteiger partial charge on any atom is -0.462 e. The molecule has 2 aliphatic carbocycles. The predicted octanol–water partition coefficient (Wildman–Crippen LogP) is 5.52. The normalized spacial score (nSPS) is 31.8. The van der Waals surface area contributed by atoms with Gasteiger partial charge in [0.15, 0.2) is 0 Å². The second-order valence-electron chi connectivity index (χ2n) is 9.35. The van der Waals surface area contributed by atoms with Crippen LogP contribution in [0.25, 0.3) is 0 Å². The summed E-state index contributed by atoms with van der Waals surface area (Å²) in [6.45, 7) is 4.21. The number of hydrogen-bond acceptors (Lipinski definition) is 3. The van der Waals surface area contributed by atoms with Crippen molar-refractivity contribution in [2.24, 2.45) is 29.6 Å². The van der Waals surface area contributed by atoms with Crippen molar-refractivity contribution in [1.82, 2.24) is 0 Å². The summed E-state index contributed by atoms with van der Waals surface area (Å²) < 4.78 is 5.66.